The van der Waals surface area contributed by atoms with Gasteiger partial charge in [0.05, 0.1) is 17.4 Å². The Morgan fingerprint density at radius 3 is 2.58 bits per heavy atom. The molecule has 130 valence electrons. The molecule has 0 saturated carbocycles. The molecule has 0 unspecified atom stereocenters. The van der Waals surface area contributed by atoms with Crippen LogP contribution in [0.15, 0.2) is 61.2 Å². The number of rotatable bonds is 2. The number of alkyl halides is 3. The van der Waals surface area contributed by atoms with Crippen molar-refractivity contribution in [2.24, 2.45) is 0 Å². The second kappa shape index (κ2) is 5.94. The smallest absolute Gasteiger partial charge is 0.264 e. The molecular weight excluding hydrogens is 341 g/mol. The maximum absolute atomic E-state index is 13.0. The molecule has 0 saturated heterocycles. The highest BCUT2D eigenvalue weighted by atomic mass is 19.4. The molecule has 0 atom stereocenters. The van der Waals surface area contributed by atoms with Crippen LogP contribution in [0.1, 0.15) is 11.1 Å². The van der Waals surface area contributed by atoms with E-state index < -0.39 is 11.7 Å². The Hall–Kier alpha value is -3.22. The highest BCUT2D eigenvalue weighted by molar-refractivity contribution is 5.93. The molecule has 3 heterocycles. The van der Waals surface area contributed by atoms with Gasteiger partial charge in [0.1, 0.15) is 0 Å². The molecule has 0 aliphatic rings. The molecule has 1 aromatic carbocycles. The van der Waals surface area contributed by atoms with Crippen molar-refractivity contribution < 1.29 is 13.2 Å². The summed E-state index contributed by atoms with van der Waals surface area (Å²) in [6.07, 6.45) is 2.29. The normalized spacial score (nSPS) is 11.8. The number of halogens is 3. The van der Waals surface area contributed by atoms with Crippen LogP contribution in [-0.4, -0.2) is 19.7 Å². The predicted octanol–water partition coefficient (Wildman–Crippen LogP) is 4.81. The Labute approximate surface area is 147 Å². The summed E-state index contributed by atoms with van der Waals surface area (Å²) >= 11 is 0. The molecule has 0 fully saturated rings. The van der Waals surface area contributed by atoms with E-state index in [4.69, 9.17) is 0 Å². The number of nitrogens with zero attached hydrogens (tertiary/aromatic N) is 4. The van der Waals surface area contributed by atoms with E-state index in [-0.39, 0.29) is 0 Å². The zero-order valence-electron chi connectivity index (χ0n) is 13.7. The molecule has 26 heavy (non-hydrogen) atoms. The molecule has 7 heteroatoms. The van der Waals surface area contributed by atoms with Gasteiger partial charge in [-0.1, -0.05) is 6.07 Å². The van der Waals surface area contributed by atoms with Gasteiger partial charge in [0.25, 0.3) is 0 Å². The summed E-state index contributed by atoms with van der Waals surface area (Å²) in [6.45, 7) is 1.97. The van der Waals surface area contributed by atoms with Crippen LogP contribution in [-0.2, 0) is 6.18 Å². The molecule has 0 aliphatic carbocycles. The van der Waals surface area contributed by atoms with Crippen molar-refractivity contribution in [3.05, 3.63) is 72.3 Å². The average molecular weight is 354 g/mol. The third-order valence-corrected chi connectivity index (χ3v) is 4.22. The van der Waals surface area contributed by atoms with E-state index in [9.17, 15) is 13.2 Å². The van der Waals surface area contributed by atoms with Crippen LogP contribution in [0.25, 0.3) is 27.8 Å². The lowest BCUT2D eigenvalue weighted by Gasteiger charge is -2.10. The van der Waals surface area contributed by atoms with E-state index in [0.717, 1.165) is 34.2 Å². The minimum Gasteiger partial charge on any atom is -0.264 e. The molecule has 4 aromatic rings. The third kappa shape index (κ3) is 2.71. The maximum atomic E-state index is 13.0. The molecule has 0 aliphatic heterocycles. The minimum absolute atomic E-state index is 0.308. The second-order valence-electron chi connectivity index (χ2n) is 5.89. The van der Waals surface area contributed by atoms with Gasteiger partial charge in [0.15, 0.2) is 5.65 Å². The Morgan fingerprint density at radius 2 is 1.81 bits per heavy atom. The van der Waals surface area contributed by atoms with E-state index in [0.29, 0.717) is 11.3 Å². The number of benzene rings is 1. The monoisotopic (exact) mass is 354 g/mol. The van der Waals surface area contributed by atoms with Crippen molar-refractivity contribution in [2.45, 2.75) is 13.1 Å². The fourth-order valence-corrected chi connectivity index (χ4v) is 2.91. The minimum atomic E-state index is -4.41. The first-order chi connectivity index (χ1) is 12.4. The van der Waals surface area contributed by atoms with Crippen molar-refractivity contribution in [3.63, 3.8) is 0 Å². The molecule has 0 N–H and O–H groups in total. The van der Waals surface area contributed by atoms with Gasteiger partial charge in [-0.05, 0) is 48.4 Å². The van der Waals surface area contributed by atoms with E-state index in [2.05, 4.69) is 15.1 Å². The van der Waals surface area contributed by atoms with Crippen LogP contribution in [0, 0.1) is 6.92 Å². The lowest BCUT2D eigenvalue weighted by molar-refractivity contribution is -0.137. The summed E-state index contributed by atoms with van der Waals surface area (Å²) < 4.78 is 40.4. The summed E-state index contributed by atoms with van der Waals surface area (Å²) in [7, 11) is 0. The number of pyridine rings is 2. The van der Waals surface area contributed by atoms with Gasteiger partial charge in [-0.15, -0.1) is 0 Å². The van der Waals surface area contributed by atoms with Gasteiger partial charge in [0, 0.05) is 29.5 Å². The standard InChI is InChI=1S/C19H13F3N4/c1-12-5-7-23-10-16(12)15-6-8-24-18-17(15)11-25-26(18)14-4-2-3-13(9-14)19(20,21)22/h2-11H,1H3. The van der Waals surface area contributed by atoms with Crippen molar-refractivity contribution in [2.75, 3.05) is 0 Å². The molecular formula is C19H13F3N4. The van der Waals surface area contributed by atoms with Gasteiger partial charge in [0.2, 0.25) is 0 Å². The Bertz CT molecular complexity index is 1100. The van der Waals surface area contributed by atoms with Gasteiger partial charge in [-0.25, -0.2) is 9.67 Å². The first-order valence-corrected chi connectivity index (χ1v) is 7.86. The summed E-state index contributed by atoms with van der Waals surface area (Å²) in [6, 6.07) is 8.79. The lowest BCUT2D eigenvalue weighted by Crippen LogP contribution is -2.06. The zero-order valence-corrected chi connectivity index (χ0v) is 13.7. The summed E-state index contributed by atoms with van der Waals surface area (Å²) in [5.41, 5.74) is 2.94. The first-order valence-electron chi connectivity index (χ1n) is 7.86. The van der Waals surface area contributed by atoms with Crippen LogP contribution in [0.4, 0.5) is 13.2 Å². The largest absolute Gasteiger partial charge is 0.416 e. The topological polar surface area (TPSA) is 43.6 Å². The Kier molecular flexibility index (Phi) is 3.72. The van der Waals surface area contributed by atoms with Gasteiger partial charge in [-0.3, -0.25) is 4.98 Å². The van der Waals surface area contributed by atoms with E-state index in [1.165, 1.54) is 10.7 Å². The number of aromatic nitrogens is 4. The van der Waals surface area contributed by atoms with Crippen LogP contribution in [0.2, 0.25) is 0 Å². The summed E-state index contributed by atoms with van der Waals surface area (Å²) in [4.78, 5) is 8.48. The highest BCUT2D eigenvalue weighted by Gasteiger charge is 2.30. The number of fused-ring (bicyclic) bond motifs is 1. The molecule has 3 aromatic heterocycles. The molecule has 4 nitrogen and oxygen atoms in total. The van der Waals surface area contributed by atoms with Crippen molar-refractivity contribution in [1.29, 1.82) is 0 Å². The second-order valence-corrected chi connectivity index (χ2v) is 5.89. The Morgan fingerprint density at radius 1 is 0.962 bits per heavy atom. The fraction of sp³-hybridized carbons (Fsp3) is 0.105. The van der Waals surface area contributed by atoms with Crippen molar-refractivity contribution in [3.8, 4) is 16.8 Å². The molecule has 4 rings (SSSR count). The van der Waals surface area contributed by atoms with E-state index in [1.54, 1.807) is 30.9 Å². The first kappa shape index (κ1) is 16.3. The quantitative estimate of drug-likeness (QED) is 0.519. The van der Waals surface area contributed by atoms with Gasteiger partial charge < -0.3 is 0 Å². The van der Waals surface area contributed by atoms with E-state index >= 15 is 0 Å². The molecule has 0 radical (unpaired) electrons. The highest BCUT2D eigenvalue weighted by Crippen LogP contribution is 2.32. The number of hydrogen-bond donors (Lipinski definition) is 0. The average Bonchev–Trinajstić information content (AvgIpc) is 3.06. The predicted molar refractivity (Wildman–Crippen MR) is 91.8 cm³/mol. The van der Waals surface area contributed by atoms with Crippen LogP contribution in [0.3, 0.4) is 0 Å². The van der Waals surface area contributed by atoms with Crippen molar-refractivity contribution in [1.82, 2.24) is 19.7 Å². The molecule has 0 bridgehead atoms. The maximum Gasteiger partial charge on any atom is 0.416 e. The van der Waals surface area contributed by atoms with Gasteiger partial charge in [-0.2, -0.15) is 18.3 Å². The number of hydrogen-bond acceptors (Lipinski definition) is 3. The van der Waals surface area contributed by atoms with Crippen LogP contribution in [0.5, 0.6) is 0 Å². The van der Waals surface area contributed by atoms with E-state index in [1.807, 2.05) is 19.1 Å². The summed E-state index contributed by atoms with van der Waals surface area (Å²) in [5, 5.41) is 5.02. The molecule has 0 amide bonds. The van der Waals surface area contributed by atoms with Gasteiger partial charge >= 0.3 is 6.18 Å². The van der Waals surface area contributed by atoms with Crippen LogP contribution < -0.4 is 0 Å². The fourth-order valence-electron chi connectivity index (χ4n) is 2.91. The third-order valence-electron chi connectivity index (χ3n) is 4.22. The molecule has 0 spiro atoms. The van der Waals surface area contributed by atoms with Crippen LogP contribution >= 0.6 is 0 Å². The van der Waals surface area contributed by atoms with Crippen molar-refractivity contribution >= 4 is 11.0 Å². The Balaban J connectivity index is 1.90. The number of aryl methyl sites for hydroxylation is 1. The SMILES string of the molecule is Cc1ccncc1-c1ccnc2c1cnn2-c1cccc(C(F)(F)F)c1. The lowest BCUT2D eigenvalue weighted by atomic mass is 10.0. The summed E-state index contributed by atoms with van der Waals surface area (Å²) in [5.74, 6) is 0. The zero-order chi connectivity index (χ0) is 18.3.